The molecule has 0 saturated heterocycles. The molecular formula is C5H9FO3. The second-order valence-electron chi connectivity index (χ2n) is 1.94. The first-order valence-electron chi connectivity index (χ1n) is 2.42. The minimum atomic E-state index is -2.26. The Hall–Kier alpha value is -0.640. The molecule has 0 aliphatic heterocycles. The van der Waals surface area contributed by atoms with Crippen LogP contribution >= 0.6 is 0 Å². The summed E-state index contributed by atoms with van der Waals surface area (Å²) in [7, 11) is 1.25. The zero-order valence-electron chi connectivity index (χ0n) is 5.35. The van der Waals surface area contributed by atoms with Crippen molar-refractivity contribution < 1.29 is 19.0 Å². The molecule has 9 heavy (non-hydrogen) atoms. The van der Waals surface area contributed by atoms with Gasteiger partial charge in [-0.3, -0.25) is 0 Å². The number of rotatable bonds is 3. The Kier molecular flexibility index (Phi) is 2.58. The number of alkyl halides is 1. The second kappa shape index (κ2) is 2.77. The number of ether oxygens (including phenoxy) is 1. The first kappa shape index (κ1) is 8.36. The van der Waals surface area contributed by atoms with Gasteiger partial charge in [-0.2, -0.15) is 0 Å². The average Bonchev–Trinajstić information content (AvgIpc) is 1.65. The number of aliphatic carboxylic acids is 1. The average molecular weight is 136 g/mol. The number of carbonyl (C=O) groups is 1. The summed E-state index contributed by atoms with van der Waals surface area (Å²) in [6.45, 7) is 0.543. The van der Waals surface area contributed by atoms with Crippen LogP contribution in [0.5, 0.6) is 0 Å². The highest BCUT2D eigenvalue weighted by Gasteiger charge is 2.32. The van der Waals surface area contributed by atoms with Crippen molar-refractivity contribution in [3.8, 4) is 0 Å². The van der Waals surface area contributed by atoms with Crippen molar-refractivity contribution in [1.82, 2.24) is 0 Å². The van der Waals surface area contributed by atoms with Gasteiger partial charge in [-0.25, -0.2) is 9.18 Å². The van der Waals surface area contributed by atoms with Crippen molar-refractivity contribution in [2.45, 2.75) is 12.6 Å². The zero-order valence-corrected chi connectivity index (χ0v) is 5.35. The Morgan fingerprint density at radius 1 is 1.89 bits per heavy atom. The molecule has 0 saturated carbocycles. The van der Waals surface area contributed by atoms with Gasteiger partial charge >= 0.3 is 5.97 Å². The Morgan fingerprint density at radius 3 is 2.44 bits per heavy atom. The Balaban J connectivity index is 3.85. The molecule has 4 heteroatoms. The molecule has 0 bridgehead atoms. The Morgan fingerprint density at radius 2 is 2.33 bits per heavy atom. The van der Waals surface area contributed by atoms with Crippen molar-refractivity contribution in [3.05, 3.63) is 0 Å². The predicted octanol–water partition coefficient (Wildman–Crippen LogP) is 0.446. The molecule has 0 aromatic rings. The van der Waals surface area contributed by atoms with Crippen molar-refractivity contribution in [1.29, 1.82) is 0 Å². The molecule has 0 aliphatic rings. The molecule has 1 N–H and O–H groups in total. The van der Waals surface area contributed by atoms with Crippen molar-refractivity contribution >= 4 is 5.97 Å². The van der Waals surface area contributed by atoms with E-state index >= 15 is 0 Å². The molecule has 0 rings (SSSR count). The minimum Gasteiger partial charge on any atom is -0.479 e. The fourth-order valence-electron chi connectivity index (χ4n) is 0.333. The molecular weight excluding hydrogens is 127 g/mol. The Bertz CT molecular complexity index is 111. The standard InChI is InChI=1S/C5H9FO3/c1-5(6,3-9-2)4(7)8/h3H2,1-2H3,(H,7,8). The van der Waals surface area contributed by atoms with Gasteiger partial charge in [0, 0.05) is 7.11 Å². The van der Waals surface area contributed by atoms with Gasteiger partial charge in [-0.15, -0.1) is 0 Å². The maximum Gasteiger partial charge on any atom is 0.343 e. The zero-order chi connectivity index (χ0) is 7.49. The van der Waals surface area contributed by atoms with Crippen LogP contribution in [-0.2, 0) is 9.53 Å². The summed E-state index contributed by atoms with van der Waals surface area (Å²) in [5.74, 6) is -1.50. The van der Waals surface area contributed by atoms with Crippen LogP contribution in [0.4, 0.5) is 4.39 Å². The van der Waals surface area contributed by atoms with Crippen LogP contribution in [0.15, 0.2) is 0 Å². The molecule has 0 spiro atoms. The van der Waals surface area contributed by atoms with E-state index in [0.717, 1.165) is 6.92 Å². The van der Waals surface area contributed by atoms with Gasteiger partial charge in [0.05, 0.1) is 6.61 Å². The quantitative estimate of drug-likeness (QED) is 0.612. The van der Waals surface area contributed by atoms with E-state index < -0.39 is 18.2 Å². The minimum absolute atomic E-state index is 0.414. The summed E-state index contributed by atoms with van der Waals surface area (Å²) < 4.78 is 16.8. The van der Waals surface area contributed by atoms with Crippen molar-refractivity contribution in [2.75, 3.05) is 13.7 Å². The highest BCUT2D eigenvalue weighted by atomic mass is 19.1. The summed E-state index contributed by atoms with van der Waals surface area (Å²) in [6.07, 6.45) is 0. The highest BCUT2D eigenvalue weighted by molar-refractivity contribution is 5.76. The van der Waals surface area contributed by atoms with Gasteiger partial charge < -0.3 is 9.84 Å². The maximum atomic E-state index is 12.5. The van der Waals surface area contributed by atoms with Crippen LogP contribution in [0.25, 0.3) is 0 Å². The summed E-state index contributed by atoms with van der Waals surface area (Å²) in [4.78, 5) is 9.96. The molecule has 1 unspecified atom stereocenters. The summed E-state index contributed by atoms with van der Waals surface area (Å²) in [5.41, 5.74) is -2.26. The summed E-state index contributed by atoms with van der Waals surface area (Å²) in [6, 6.07) is 0. The largest absolute Gasteiger partial charge is 0.479 e. The molecule has 0 amide bonds. The first-order chi connectivity index (χ1) is 4.00. The van der Waals surface area contributed by atoms with Gasteiger partial charge in [0.1, 0.15) is 0 Å². The number of hydrogen-bond acceptors (Lipinski definition) is 2. The number of halogens is 1. The summed E-state index contributed by atoms with van der Waals surface area (Å²) in [5, 5.41) is 8.12. The van der Waals surface area contributed by atoms with Crippen LogP contribution in [-0.4, -0.2) is 30.5 Å². The topological polar surface area (TPSA) is 46.5 Å². The number of hydrogen-bond donors (Lipinski definition) is 1. The van der Waals surface area contributed by atoms with Gasteiger partial charge in [0.15, 0.2) is 0 Å². The Labute approximate surface area is 52.4 Å². The van der Waals surface area contributed by atoms with Crippen LogP contribution in [0, 0.1) is 0 Å². The van der Waals surface area contributed by atoms with Gasteiger partial charge in [0.25, 0.3) is 0 Å². The van der Waals surface area contributed by atoms with E-state index in [2.05, 4.69) is 4.74 Å². The van der Waals surface area contributed by atoms with Crippen molar-refractivity contribution in [2.24, 2.45) is 0 Å². The van der Waals surface area contributed by atoms with Gasteiger partial charge in [0.2, 0.25) is 5.67 Å². The van der Waals surface area contributed by atoms with E-state index in [9.17, 15) is 9.18 Å². The van der Waals surface area contributed by atoms with E-state index in [1.165, 1.54) is 7.11 Å². The van der Waals surface area contributed by atoms with Crippen LogP contribution < -0.4 is 0 Å². The van der Waals surface area contributed by atoms with E-state index in [1.54, 1.807) is 0 Å². The number of carboxylic acids is 1. The molecule has 0 aromatic carbocycles. The molecule has 1 atom stereocenters. The maximum absolute atomic E-state index is 12.5. The van der Waals surface area contributed by atoms with E-state index in [4.69, 9.17) is 5.11 Å². The lowest BCUT2D eigenvalue weighted by atomic mass is 10.1. The lowest BCUT2D eigenvalue weighted by molar-refractivity contribution is -0.153. The third-order valence-electron chi connectivity index (χ3n) is 0.861. The number of carboxylic acid groups (broad SMARTS) is 1. The predicted molar refractivity (Wildman–Crippen MR) is 29.0 cm³/mol. The smallest absolute Gasteiger partial charge is 0.343 e. The van der Waals surface area contributed by atoms with Gasteiger partial charge in [-0.1, -0.05) is 0 Å². The fraction of sp³-hybridized carbons (Fsp3) is 0.800. The van der Waals surface area contributed by atoms with E-state index in [0.29, 0.717) is 0 Å². The fourth-order valence-corrected chi connectivity index (χ4v) is 0.333. The van der Waals surface area contributed by atoms with Crippen LogP contribution in [0.1, 0.15) is 6.92 Å². The molecule has 0 aromatic heterocycles. The SMILES string of the molecule is COCC(C)(F)C(=O)O. The molecule has 0 heterocycles. The summed E-state index contributed by atoms with van der Waals surface area (Å²) >= 11 is 0. The molecule has 0 aliphatic carbocycles. The molecule has 3 nitrogen and oxygen atoms in total. The number of methoxy groups -OCH3 is 1. The van der Waals surface area contributed by atoms with E-state index in [-0.39, 0.29) is 0 Å². The van der Waals surface area contributed by atoms with Crippen molar-refractivity contribution in [3.63, 3.8) is 0 Å². The third kappa shape index (κ3) is 2.41. The second-order valence-corrected chi connectivity index (χ2v) is 1.94. The van der Waals surface area contributed by atoms with Gasteiger partial charge in [-0.05, 0) is 6.92 Å². The normalized spacial score (nSPS) is 16.8. The lowest BCUT2D eigenvalue weighted by Gasteiger charge is -2.11. The third-order valence-corrected chi connectivity index (χ3v) is 0.861. The van der Waals surface area contributed by atoms with Crippen LogP contribution in [0.2, 0.25) is 0 Å². The molecule has 0 fully saturated rings. The lowest BCUT2D eigenvalue weighted by Crippen LogP contribution is -2.34. The monoisotopic (exact) mass is 136 g/mol. The molecule has 0 radical (unpaired) electrons. The molecule has 54 valence electrons. The first-order valence-corrected chi connectivity index (χ1v) is 2.42. The van der Waals surface area contributed by atoms with E-state index in [1.807, 2.05) is 0 Å². The highest BCUT2D eigenvalue weighted by Crippen LogP contribution is 2.09. The van der Waals surface area contributed by atoms with Crippen LogP contribution in [0.3, 0.4) is 0 Å².